The van der Waals surface area contributed by atoms with E-state index in [1.54, 1.807) is 6.20 Å². The Morgan fingerprint density at radius 2 is 1.67 bits per heavy atom. The Labute approximate surface area is 174 Å². The molecule has 1 aliphatic heterocycles. The van der Waals surface area contributed by atoms with Crippen LogP contribution in [0.5, 0.6) is 0 Å². The minimum absolute atomic E-state index is 0.187. The second kappa shape index (κ2) is 7.59. The van der Waals surface area contributed by atoms with Gasteiger partial charge in [0.15, 0.2) is 0 Å². The SMILES string of the molecule is Cc1cc(N2CCN(C(=O)n3ncc(-c4ccccc4)n3)CC2)c2ccccc2n1. The summed E-state index contributed by atoms with van der Waals surface area (Å²) in [6, 6.07) is 19.9. The number of pyridine rings is 1. The van der Waals surface area contributed by atoms with Crippen LogP contribution in [0, 0.1) is 6.92 Å². The minimum Gasteiger partial charge on any atom is -0.367 e. The van der Waals surface area contributed by atoms with Crippen molar-refractivity contribution >= 4 is 22.6 Å². The fourth-order valence-corrected chi connectivity index (χ4v) is 3.91. The Morgan fingerprint density at radius 1 is 0.933 bits per heavy atom. The van der Waals surface area contributed by atoms with Crippen LogP contribution < -0.4 is 4.90 Å². The molecule has 4 aromatic rings. The van der Waals surface area contributed by atoms with Crippen molar-refractivity contribution in [1.29, 1.82) is 0 Å². The maximum Gasteiger partial charge on any atom is 0.362 e. The monoisotopic (exact) mass is 398 g/mol. The van der Waals surface area contributed by atoms with Gasteiger partial charge in [0.2, 0.25) is 0 Å². The van der Waals surface area contributed by atoms with Gasteiger partial charge in [0.1, 0.15) is 5.69 Å². The van der Waals surface area contributed by atoms with E-state index in [9.17, 15) is 4.79 Å². The van der Waals surface area contributed by atoms with E-state index in [0.717, 1.165) is 35.2 Å². The highest BCUT2D eigenvalue weighted by molar-refractivity contribution is 5.92. The summed E-state index contributed by atoms with van der Waals surface area (Å²) in [4.78, 5) is 22.9. The van der Waals surface area contributed by atoms with Crippen LogP contribution in [0.4, 0.5) is 10.5 Å². The lowest BCUT2D eigenvalue weighted by molar-refractivity contribution is 0.189. The van der Waals surface area contributed by atoms with Crippen LogP contribution in [-0.2, 0) is 0 Å². The summed E-state index contributed by atoms with van der Waals surface area (Å²) in [7, 11) is 0. The van der Waals surface area contributed by atoms with Crippen molar-refractivity contribution in [3.8, 4) is 11.3 Å². The summed E-state index contributed by atoms with van der Waals surface area (Å²) < 4.78 is 0. The predicted molar refractivity (Wildman–Crippen MR) is 117 cm³/mol. The molecule has 5 rings (SSSR count). The third kappa shape index (κ3) is 3.39. The molecule has 0 unspecified atom stereocenters. The smallest absolute Gasteiger partial charge is 0.362 e. The number of hydrogen-bond acceptors (Lipinski definition) is 5. The van der Waals surface area contributed by atoms with E-state index in [1.807, 2.05) is 60.4 Å². The van der Waals surface area contributed by atoms with Crippen molar-refractivity contribution in [1.82, 2.24) is 24.9 Å². The molecule has 150 valence electrons. The molecule has 1 amide bonds. The predicted octanol–water partition coefficient (Wildman–Crippen LogP) is 3.59. The molecule has 1 saturated heterocycles. The van der Waals surface area contributed by atoms with E-state index in [4.69, 9.17) is 0 Å². The Hall–Kier alpha value is -3.74. The second-order valence-corrected chi connectivity index (χ2v) is 7.44. The first-order valence-corrected chi connectivity index (χ1v) is 10.1. The van der Waals surface area contributed by atoms with Gasteiger partial charge in [-0.25, -0.2) is 4.79 Å². The number of para-hydroxylation sites is 1. The zero-order chi connectivity index (χ0) is 20.5. The van der Waals surface area contributed by atoms with Gasteiger partial charge in [-0.05, 0) is 19.1 Å². The van der Waals surface area contributed by atoms with Crippen LogP contribution in [0.25, 0.3) is 22.2 Å². The molecule has 1 fully saturated rings. The zero-order valence-electron chi connectivity index (χ0n) is 16.8. The summed E-state index contributed by atoms with van der Waals surface area (Å²) in [5, 5.41) is 9.71. The number of aromatic nitrogens is 4. The molecule has 0 radical (unpaired) electrons. The molecule has 0 spiro atoms. The number of carbonyl (C=O) groups is 1. The highest BCUT2D eigenvalue weighted by atomic mass is 16.2. The van der Waals surface area contributed by atoms with E-state index in [-0.39, 0.29) is 6.03 Å². The van der Waals surface area contributed by atoms with Gasteiger partial charge < -0.3 is 9.80 Å². The summed E-state index contributed by atoms with van der Waals surface area (Å²) >= 11 is 0. The quantitative estimate of drug-likeness (QED) is 0.516. The number of amides is 1. The average molecular weight is 398 g/mol. The minimum atomic E-state index is -0.187. The van der Waals surface area contributed by atoms with Crippen molar-refractivity contribution in [2.45, 2.75) is 6.92 Å². The first-order chi connectivity index (χ1) is 14.7. The Kier molecular flexibility index (Phi) is 4.63. The number of nitrogens with zero attached hydrogens (tertiary/aromatic N) is 6. The second-order valence-electron chi connectivity index (χ2n) is 7.44. The standard InChI is InChI=1S/C23H22N6O/c1-17-15-22(19-9-5-6-10-20(19)25-17)27-11-13-28(14-12-27)23(30)29-24-16-21(26-29)18-7-3-2-4-8-18/h2-10,15-16H,11-14H2,1H3. The molecular weight excluding hydrogens is 376 g/mol. The summed E-state index contributed by atoms with van der Waals surface area (Å²) in [5.41, 5.74) is 4.81. The van der Waals surface area contributed by atoms with Crippen LogP contribution >= 0.6 is 0 Å². The third-order valence-electron chi connectivity index (χ3n) is 5.45. The van der Waals surface area contributed by atoms with Gasteiger partial charge in [0, 0.05) is 48.5 Å². The molecule has 0 saturated carbocycles. The highest BCUT2D eigenvalue weighted by Crippen LogP contribution is 2.27. The van der Waals surface area contributed by atoms with E-state index < -0.39 is 0 Å². The highest BCUT2D eigenvalue weighted by Gasteiger charge is 2.25. The van der Waals surface area contributed by atoms with Crippen molar-refractivity contribution in [2.75, 3.05) is 31.1 Å². The number of anilines is 1. The number of hydrogen-bond donors (Lipinski definition) is 0. The normalized spacial score (nSPS) is 14.3. The number of piperazine rings is 1. The van der Waals surface area contributed by atoms with Gasteiger partial charge in [-0.1, -0.05) is 53.3 Å². The first-order valence-electron chi connectivity index (χ1n) is 10.1. The van der Waals surface area contributed by atoms with Crippen LogP contribution in [0.1, 0.15) is 5.69 Å². The maximum atomic E-state index is 12.9. The first kappa shape index (κ1) is 18.3. The molecule has 7 nitrogen and oxygen atoms in total. The van der Waals surface area contributed by atoms with E-state index in [1.165, 1.54) is 10.5 Å². The number of fused-ring (bicyclic) bond motifs is 1. The topological polar surface area (TPSA) is 67.2 Å². The number of rotatable bonds is 2. The fraction of sp³-hybridized carbons (Fsp3) is 0.217. The molecule has 0 N–H and O–H groups in total. The zero-order valence-corrected chi connectivity index (χ0v) is 16.8. The third-order valence-corrected chi connectivity index (χ3v) is 5.45. The van der Waals surface area contributed by atoms with Gasteiger partial charge in [0.05, 0.1) is 11.7 Å². The van der Waals surface area contributed by atoms with E-state index in [0.29, 0.717) is 18.8 Å². The van der Waals surface area contributed by atoms with Gasteiger partial charge in [0.25, 0.3) is 0 Å². The summed E-state index contributed by atoms with van der Waals surface area (Å²) in [6.45, 7) is 4.77. The van der Waals surface area contributed by atoms with Crippen molar-refractivity contribution in [3.05, 3.63) is 72.6 Å². The molecule has 1 aliphatic rings. The lowest BCUT2D eigenvalue weighted by atomic mass is 10.1. The van der Waals surface area contributed by atoms with E-state index in [2.05, 4.69) is 32.2 Å². The van der Waals surface area contributed by atoms with Gasteiger partial charge in [-0.15, -0.1) is 5.10 Å². The number of benzene rings is 2. The molecule has 30 heavy (non-hydrogen) atoms. The molecule has 0 bridgehead atoms. The van der Waals surface area contributed by atoms with E-state index >= 15 is 0 Å². The van der Waals surface area contributed by atoms with Crippen LogP contribution in [-0.4, -0.2) is 57.1 Å². The van der Waals surface area contributed by atoms with Gasteiger partial charge in [-0.2, -0.15) is 5.10 Å². The van der Waals surface area contributed by atoms with Gasteiger partial charge in [-0.3, -0.25) is 4.98 Å². The molecule has 3 heterocycles. The number of aryl methyl sites for hydroxylation is 1. The molecule has 2 aromatic heterocycles. The Balaban J connectivity index is 1.31. The summed E-state index contributed by atoms with van der Waals surface area (Å²) in [6.07, 6.45) is 1.63. The summed E-state index contributed by atoms with van der Waals surface area (Å²) in [5.74, 6) is 0. The lowest BCUT2D eigenvalue weighted by Crippen LogP contribution is -2.50. The molecule has 7 heteroatoms. The molecule has 2 aromatic carbocycles. The molecule has 0 aliphatic carbocycles. The fourth-order valence-electron chi connectivity index (χ4n) is 3.91. The van der Waals surface area contributed by atoms with Crippen molar-refractivity contribution in [3.63, 3.8) is 0 Å². The Bertz CT molecular complexity index is 1190. The van der Waals surface area contributed by atoms with Crippen molar-refractivity contribution in [2.24, 2.45) is 0 Å². The lowest BCUT2D eigenvalue weighted by Gasteiger charge is -2.36. The largest absolute Gasteiger partial charge is 0.367 e. The number of carbonyl (C=O) groups excluding carboxylic acids is 1. The van der Waals surface area contributed by atoms with Crippen molar-refractivity contribution < 1.29 is 4.79 Å². The average Bonchev–Trinajstić information content (AvgIpc) is 3.29. The Morgan fingerprint density at radius 3 is 2.47 bits per heavy atom. The maximum absolute atomic E-state index is 12.9. The van der Waals surface area contributed by atoms with Crippen LogP contribution in [0.2, 0.25) is 0 Å². The molecule has 0 atom stereocenters. The van der Waals surface area contributed by atoms with Gasteiger partial charge >= 0.3 is 6.03 Å². The van der Waals surface area contributed by atoms with Crippen LogP contribution in [0.3, 0.4) is 0 Å². The van der Waals surface area contributed by atoms with Crippen LogP contribution in [0.15, 0.2) is 66.9 Å². The molecular formula is C23H22N6O.